The van der Waals surface area contributed by atoms with E-state index in [1.54, 1.807) is 31.2 Å². The number of hydrogen-bond acceptors (Lipinski definition) is 6. The quantitative estimate of drug-likeness (QED) is 0.520. The van der Waals surface area contributed by atoms with E-state index in [0.717, 1.165) is 0 Å². The number of hydrogen-bond donors (Lipinski definition) is 1. The molecule has 7 nitrogen and oxygen atoms in total. The van der Waals surface area contributed by atoms with Crippen LogP contribution >= 0.6 is 0 Å². The molecule has 0 radical (unpaired) electrons. The van der Waals surface area contributed by atoms with Crippen LogP contribution < -0.4 is 10.5 Å². The minimum Gasteiger partial charge on any atom is -0.433 e. The molecule has 0 amide bonds. The number of nitrogens with two attached hydrogens (primary N) is 1. The molecule has 0 bridgehead atoms. The fourth-order valence-corrected chi connectivity index (χ4v) is 1.67. The monoisotopic (exact) mass is 270 g/mol. The van der Waals surface area contributed by atoms with Crippen molar-refractivity contribution in [2.45, 2.75) is 6.92 Å². The van der Waals surface area contributed by atoms with Gasteiger partial charge in [-0.3, -0.25) is 10.1 Å². The largest absolute Gasteiger partial charge is 0.433 e. The van der Waals surface area contributed by atoms with Crippen molar-refractivity contribution >= 4 is 11.4 Å². The minimum absolute atomic E-state index is 0.104. The van der Waals surface area contributed by atoms with Crippen molar-refractivity contribution in [3.63, 3.8) is 0 Å². The third-order valence-electron chi connectivity index (χ3n) is 2.60. The van der Waals surface area contributed by atoms with E-state index in [-0.39, 0.29) is 11.4 Å². The van der Waals surface area contributed by atoms with Gasteiger partial charge in [0.15, 0.2) is 0 Å². The molecule has 0 fully saturated rings. The van der Waals surface area contributed by atoms with Crippen LogP contribution in [0.1, 0.15) is 11.1 Å². The molecule has 0 aliphatic rings. The number of nitrogen functional groups attached to an aromatic ring is 1. The summed E-state index contributed by atoms with van der Waals surface area (Å²) in [5, 5.41) is 19.9. The highest BCUT2D eigenvalue weighted by atomic mass is 16.6. The molecule has 20 heavy (non-hydrogen) atoms. The third kappa shape index (κ3) is 2.49. The van der Waals surface area contributed by atoms with Gasteiger partial charge in [-0.2, -0.15) is 5.26 Å². The van der Waals surface area contributed by atoms with E-state index in [1.165, 1.54) is 12.3 Å². The average molecular weight is 270 g/mol. The molecule has 0 saturated heterocycles. The molecule has 2 rings (SSSR count). The van der Waals surface area contributed by atoms with E-state index >= 15 is 0 Å². The van der Waals surface area contributed by atoms with E-state index in [0.29, 0.717) is 17.0 Å². The number of nitriles is 1. The number of ether oxygens (including phenoxy) is 1. The third-order valence-corrected chi connectivity index (χ3v) is 2.60. The molecule has 0 unspecified atom stereocenters. The van der Waals surface area contributed by atoms with Crippen molar-refractivity contribution < 1.29 is 9.66 Å². The van der Waals surface area contributed by atoms with Gasteiger partial charge >= 0.3 is 11.6 Å². The van der Waals surface area contributed by atoms with Crippen LogP contribution in [0.15, 0.2) is 30.5 Å². The fourth-order valence-electron chi connectivity index (χ4n) is 1.67. The number of benzene rings is 1. The van der Waals surface area contributed by atoms with Crippen LogP contribution in [-0.2, 0) is 0 Å². The normalized spacial score (nSPS) is 9.80. The van der Waals surface area contributed by atoms with Gasteiger partial charge < -0.3 is 10.5 Å². The first kappa shape index (κ1) is 13.3. The van der Waals surface area contributed by atoms with Crippen LogP contribution in [0.2, 0.25) is 0 Å². The summed E-state index contributed by atoms with van der Waals surface area (Å²) in [5.74, 6) is 0.173. The maximum Gasteiger partial charge on any atom is 0.348 e. The van der Waals surface area contributed by atoms with Gasteiger partial charge in [-0.25, -0.2) is 4.98 Å². The summed E-state index contributed by atoms with van der Waals surface area (Å²) >= 11 is 0. The standard InChI is InChI=1S/C13H10N4O3/c1-8-6-10(15)2-3-11(8)20-13-12(17(18)19)9(7-14)4-5-16-13/h2-6H,15H2,1H3. The summed E-state index contributed by atoms with van der Waals surface area (Å²) in [6, 6.07) is 7.89. The summed E-state index contributed by atoms with van der Waals surface area (Å²) in [6.45, 7) is 1.76. The Morgan fingerprint density at radius 3 is 2.80 bits per heavy atom. The van der Waals surface area contributed by atoms with Crippen molar-refractivity contribution in [3.05, 3.63) is 51.7 Å². The van der Waals surface area contributed by atoms with Crippen LogP contribution in [0.25, 0.3) is 0 Å². The highest BCUT2D eigenvalue weighted by Crippen LogP contribution is 2.33. The van der Waals surface area contributed by atoms with Gasteiger partial charge in [0.1, 0.15) is 17.4 Å². The highest BCUT2D eigenvalue weighted by molar-refractivity contribution is 5.56. The van der Waals surface area contributed by atoms with Gasteiger partial charge in [0.05, 0.1) is 4.92 Å². The summed E-state index contributed by atoms with van der Waals surface area (Å²) in [5.41, 5.74) is 6.34. The van der Waals surface area contributed by atoms with E-state index in [4.69, 9.17) is 15.7 Å². The van der Waals surface area contributed by atoms with Gasteiger partial charge in [0, 0.05) is 11.9 Å². The summed E-state index contributed by atoms with van der Waals surface area (Å²) in [6.07, 6.45) is 1.29. The lowest BCUT2D eigenvalue weighted by atomic mass is 10.2. The molecular weight excluding hydrogens is 260 g/mol. The fraction of sp³-hybridized carbons (Fsp3) is 0.0769. The van der Waals surface area contributed by atoms with Crippen molar-refractivity contribution in [1.29, 1.82) is 5.26 Å². The van der Waals surface area contributed by atoms with E-state index in [9.17, 15) is 10.1 Å². The first-order valence-electron chi connectivity index (χ1n) is 5.60. The second kappa shape index (κ2) is 5.24. The van der Waals surface area contributed by atoms with E-state index in [2.05, 4.69) is 4.98 Å². The van der Waals surface area contributed by atoms with Crippen molar-refractivity contribution in [1.82, 2.24) is 4.98 Å². The van der Waals surface area contributed by atoms with Gasteiger partial charge in [0.2, 0.25) is 0 Å². The molecule has 0 spiro atoms. The number of anilines is 1. The Hall–Kier alpha value is -3.14. The zero-order chi connectivity index (χ0) is 14.7. The maximum absolute atomic E-state index is 11.0. The first-order valence-corrected chi connectivity index (χ1v) is 5.60. The molecule has 2 N–H and O–H groups in total. The molecule has 1 heterocycles. The zero-order valence-electron chi connectivity index (χ0n) is 10.5. The molecule has 100 valence electrons. The second-order valence-corrected chi connectivity index (χ2v) is 4.01. The van der Waals surface area contributed by atoms with Crippen molar-refractivity contribution in [3.8, 4) is 17.7 Å². The van der Waals surface area contributed by atoms with Gasteiger partial charge in [-0.1, -0.05) is 0 Å². The number of aryl methyl sites for hydroxylation is 1. The number of rotatable bonds is 3. The maximum atomic E-state index is 11.0. The van der Waals surface area contributed by atoms with Crippen LogP contribution in [0, 0.1) is 28.4 Å². The molecular formula is C13H10N4O3. The smallest absolute Gasteiger partial charge is 0.348 e. The molecule has 0 aliphatic carbocycles. The predicted octanol–water partition coefficient (Wildman–Crippen LogP) is 2.54. The van der Waals surface area contributed by atoms with Gasteiger partial charge in [0.25, 0.3) is 0 Å². The van der Waals surface area contributed by atoms with Crippen molar-refractivity contribution in [2.75, 3.05) is 5.73 Å². The lowest BCUT2D eigenvalue weighted by molar-refractivity contribution is -0.386. The Balaban J connectivity index is 2.49. The van der Waals surface area contributed by atoms with Crippen LogP contribution in [0.3, 0.4) is 0 Å². The number of pyridine rings is 1. The van der Waals surface area contributed by atoms with Crippen LogP contribution in [0.4, 0.5) is 11.4 Å². The zero-order valence-corrected chi connectivity index (χ0v) is 10.5. The summed E-state index contributed by atoms with van der Waals surface area (Å²) in [4.78, 5) is 14.2. The molecule has 0 aliphatic heterocycles. The van der Waals surface area contributed by atoms with Crippen LogP contribution in [-0.4, -0.2) is 9.91 Å². The second-order valence-electron chi connectivity index (χ2n) is 4.01. The average Bonchev–Trinajstić information content (AvgIpc) is 2.41. The minimum atomic E-state index is -0.687. The molecule has 1 aromatic heterocycles. The Morgan fingerprint density at radius 2 is 2.20 bits per heavy atom. The number of nitro groups is 1. The predicted molar refractivity (Wildman–Crippen MR) is 71.3 cm³/mol. The van der Waals surface area contributed by atoms with Gasteiger partial charge in [-0.15, -0.1) is 0 Å². The number of aromatic nitrogens is 1. The van der Waals surface area contributed by atoms with Crippen LogP contribution in [0.5, 0.6) is 11.6 Å². The summed E-state index contributed by atoms with van der Waals surface area (Å²) < 4.78 is 5.44. The van der Waals surface area contributed by atoms with Gasteiger partial charge in [-0.05, 0) is 36.8 Å². The lowest BCUT2D eigenvalue weighted by Gasteiger charge is -2.08. The molecule has 0 atom stereocenters. The highest BCUT2D eigenvalue weighted by Gasteiger charge is 2.23. The Labute approximate surface area is 114 Å². The number of nitrogens with zero attached hydrogens (tertiary/aromatic N) is 3. The SMILES string of the molecule is Cc1cc(N)ccc1Oc1nccc(C#N)c1[N+](=O)[O-]. The van der Waals surface area contributed by atoms with Crippen molar-refractivity contribution in [2.24, 2.45) is 0 Å². The molecule has 2 aromatic rings. The Kier molecular flexibility index (Phi) is 3.48. The van der Waals surface area contributed by atoms with E-state index in [1.807, 2.05) is 0 Å². The van der Waals surface area contributed by atoms with E-state index < -0.39 is 10.6 Å². The topological polar surface area (TPSA) is 115 Å². The molecule has 7 heteroatoms. The first-order chi connectivity index (χ1) is 9.52. The Bertz CT molecular complexity index is 722. The molecule has 0 saturated carbocycles. The lowest BCUT2D eigenvalue weighted by Crippen LogP contribution is -1.99. The molecule has 1 aromatic carbocycles. The Morgan fingerprint density at radius 1 is 1.45 bits per heavy atom. The summed E-state index contributed by atoms with van der Waals surface area (Å²) in [7, 11) is 0.